The number of fused-ring (bicyclic) bond motifs is 9. The predicted octanol–water partition coefficient (Wildman–Crippen LogP) is 7.66. The van der Waals surface area contributed by atoms with Gasteiger partial charge in [0, 0.05) is 22.2 Å². The fraction of sp³-hybridized carbons (Fsp3) is 0.528. The smallest absolute Gasteiger partial charge is 0.203 e. The minimum atomic E-state index is -0.805. The van der Waals surface area contributed by atoms with Crippen LogP contribution in [0.2, 0.25) is 0 Å². The molecule has 4 aliphatic rings. The zero-order valence-corrected chi connectivity index (χ0v) is 25.5. The second-order valence-corrected chi connectivity index (χ2v) is 14.3. The molecule has 1 aromatic heterocycles. The number of hydrogen-bond acceptors (Lipinski definition) is 5. The van der Waals surface area contributed by atoms with Crippen LogP contribution in [-0.2, 0) is 6.42 Å². The lowest BCUT2D eigenvalue weighted by Crippen LogP contribution is -2.53. The first-order valence-corrected chi connectivity index (χ1v) is 16.5. The number of piperidine rings is 1. The molecule has 4 atom stereocenters. The van der Waals surface area contributed by atoms with E-state index in [-0.39, 0.29) is 17.1 Å². The lowest BCUT2D eigenvalue weighted by atomic mass is 9.64. The van der Waals surface area contributed by atoms with Gasteiger partial charge >= 0.3 is 0 Å². The monoisotopic (exact) mass is 571 g/mol. The Morgan fingerprint density at radius 2 is 1.85 bits per heavy atom. The Morgan fingerprint density at radius 3 is 2.66 bits per heavy atom. The van der Waals surface area contributed by atoms with Crippen LogP contribution in [0.4, 0.5) is 0 Å². The Labute approximate surface area is 249 Å². The van der Waals surface area contributed by atoms with E-state index in [1.807, 2.05) is 18.2 Å². The number of likely N-dealkylation sites (tertiary alicyclic amines) is 1. The fourth-order valence-electron chi connectivity index (χ4n) is 7.91. The van der Waals surface area contributed by atoms with Crippen molar-refractivity contribution in [2.75, 3.05) is 19.6 Å². The van der Waals surface area contributed by atoms with E-state index >= 15 is 0 Å². The number of carbonyl (C=O) groups excluding carboxylic acids is 1. The van der Waals surface area contributed by atoms with E-state index in [1.165, 1.54) is 24.8 Å². The van der Waals surface area contributed by atoms with Crippen molar-refractivity contribution in [3.63, 3.8) is 0 Å². The maximum absolute atomic E-state index is 14.3. The van der Waals surface area contributed by atoms with Crippen molar-refractivity contribution in [2.24, 2.45) is 5.41 Å². The summed E-state index contributed by atoms with van der Waals surface area (Å²) in [5.74, 6) is 0.149. The molecule has 4 unspecified atom stereocenters. The Morgan fingerprint density at radius 1 is 1.05 bits per heavy atom. The van der Waals surface area contributed by atoms with E-state index in [0.29, 0.717) is 19.4 Å². The first-order chi connectivity index (χ1) is 19.8. The zero-order valence-electron chi connectivity index (χ0n) is 24.7. The third-order valence-corrected chi connectivity index (χ3v) is 11.6. The van der Waals surface area contributed by atoms with Crippen molar-refractivity contribution in [2.45, 2.75) is 95.7 Å². The summed E-state index contributed by atoms with van der Waals surface area (Å²) < 4.78 is 1.12. The summed E-state index contributed by atoms with van der Waals surface area (Å²) in [6.07, 6.45) is 11.1. The number of allylic oxidation sites excluding steroid dienone is 2. The molecule has 218 valence electrons. The summed E-state index contributed by atoms with van der Waals surface area (Å²) in [6.45, 7) is 7.31. The molecule has 3 aliphatic carbocycles. The highest BCUT2D eigenvalue weighted by molar-refractivity contribution is 7.21. The minimum absolute atomic E-state index is 0.0641. The Hall–Kier alpha value is -2.31. The number of rotatable bonds is 4. The van der Waals surface area contributed by atoms with Crippen LogP contribution in [0, 0.1) is 5.41 Å². The van der Waals surface area contributed by atoms with Gasteiger partial charge in [-0.15, -0.1) is 11.3 Å². The number of aliphatic hydroxyl groups is 2. The summed E-state index contributed by atoms with van der Waals surface area (Å²) >= 11 is 1.56. The molecular formula is C36H45NO3S. The molecule has 0 radical (unpaired) electrons. The van der Waals surface area contributed by atoms with Gasteiger partial charge in [0.1, 0.15) is 0 Å². The Kier molecular flexibility index (Phi) is 8.26. The van der Waals surface area contributed by atoms with E-state index in [2.05, 4.69) is 55.2 Å². The summed E-state index contributed by atoms with van der Waals surface area (Å²) in [6, 6.07) is 16.6. The molecule has 0 spiro atoms. The maximum atomic E-state index is 14.3. The molecule has 2 fully saturated rings. The molecule has 41 heavy (non-hydrogen) atoms. The molecular weight excluding hydrogens is 526 g/mol. The Bertz CT molecular complexity index is 1400. The molecule has 2 N–H and O–H groups in total. The average molecular weight is 572 g/mol. The second-order valence-electron chi connectivity index (χ2n) is 13.3. The molecule has 2 heterocycles. The highest BCUT2D eigenvalue weighted by atomic mass is 32.1. The molecule has 4 nitrogen and oxygen atoms in total. The molecule has 2 aromatic carbocycles. The van der Waals surface area contributed by atoms with E-state index in [4.69, 9.17) is 0 Å². The van der Waals surface area contributed by atoms with Crippen molar-refractivity contribution in [1.29, 1.82) is 0 Å². The van der Waals surface area contributed by atoms with Crippen LogP contribution < -0.4 is 0 Å². The summed E-state index contributed by atoms with van der Waals surface area (Å²) in [4.78, 5) is 17.6. The molecule has 5 heteroatoms. The average Bonchev–Trinajstić information content (AvgIpc) is 3.51. The topological polar surface area (TPSA) is 60.8 Å². The van der Waals surface area contributed by atoms with Crippen molar-refractivity contribution in [3.05, 3.63) is 81.7 Å². The lowest BCUT2D eigenvalue weighted by Gasteiger charge is -2.46. The molecule has 1 saturated carbocycles. The molecule has 3 aromatic rings. The summed E-state index contributed by atoms with van der Waals surface area (Å²) in [5.41, 5.74) is 2.98. The highest BCUT2D eigenvalue weighted by Crippen LogP contribution is 2.59. The molecule has 1 saturated heterocycles. The van der Waals surface area contributed by atoms with Crippen LogP contribution >= 0.6 is 11.3 Å². The largest absolute Gasteiger partial charge is 0.393 e. The third-order valence-electron chi connectivity index (χ3n) is 10.5. The van der Waals surface area contributed by atoms with Gasteiger partial charge in [-0.1, -0.05) is 55.3 Å². The molecule has 7 rings (SSSR count). The van der Waals surface area contributed by atoms with E-state index in [1.54, 1.807) is 11.3 Å². The number of nitrogens with zero attached hydrogens (tertiary/aromatic N) is 1. The zero-order chi connectivity index (χ0) is 28.6. The number of thiophene rings is 1. The van der Waals surface area contributed by atoms with E-state index in [0.717, 1.165) is 76.8 Å². The van der Waals surface area contributed by atoms with Gasteiger partial charge < -0.3 is 15.1 Å². The van der Waals surface area contributed by atoms with Crippen LogP contribution in [-0.4, -0.2) is 52.2 Å². The van der Waals surface area contributed by atoms with Crippen LogP contribution in [0.5, 0.6) is 0 Å². The van der Waals surface area contributed by atoms with E-state index in [9.17, 15) is 15.0 Å². The number of hydrogen-bond donors (Lipinski definition) is 2. The third kappa shape index (κ3) is 5.71. The maximum Gasteiger partial charge on any atom is 0.203 e. The molecule has 1 aliphatic heterocycles. The van der Waals surface area contributed by atoms with Gasteiger partial charge in [-0.05, 0) is 118 Å². The lowest BCUT2D eigenvalue weighted by molar-refractivity contribution is -0.0857. The number of aliphatic hydroxyl groups excluding tert-OH is 1. The first-order valence-electron chi connectivity index (χ1n) is 15.7. The standard InChI is InChI=1S/C36H45NO3S/c1-25-9-8-17-35(2)31(16-18-36(35,40)24-37-19-6-3-7-20-37)29-15-13-26(21-28(38)14-12-25)22-30(29)34(39)33-23-27-10-4-5-11-32(27)41-33/h4-5,9-11,13,15,22-23,28,31,38,40H,3,6-8,12,14,16-21,24H2,1-2H3. The van der Waals surface area contributed by atoms with E-state index < -0.39 is 11.7 Å². The fourth-order valence-corrected chi connectivity index (χ4v) is 8.93. The number of benzene rings is 2. The van der Waals surface area contributed by atoms with Gasteiger partial charge in [0.05, 0.1) is 16.6 Å². The molecule has 0 amide bonds. The summed E-state index contributed by atoms with van der Waals surface area (Å²) in [7, 11) is 0. The number of ketones is 1. The number of carbonyl (C=O) groups is 1. The molecule has 2 bridgehead atoms. The van der Waals surface area contributed by atoms with Crippen molar-refractivity contribution in [1.82, 2.24) is 4.90 Å². The van der Waals surface area contributed by atoms with Gasteiger partial charge in [-0.25, -0.2) is 0 Å². The predicted molar refractivity (Wildman–Crippen MR) is 169 cm³/mol. The van der Waals surface area contributed by atoms with Gasteiger partial charge in [-0.3, -0.25) is 4.79 Å². The van der Waals surface area contributed by atoms with Crippen molar-refractivity contribution >= 4 is 27.2 Å². The van der Waals surface area contributed by atoms with Gasteiger partial charge in [0.15, 0.2) is 0 Å². The second kappa shape index (κ2) is 11.8. The highest BCUT2D eigenvalue weighted by Gasteiger charge is 2.57. The van der Waals surface area contributed by atoms with Crippen LogP contribution in [0.3, 0.4) is 0 Å². The normalized spacial score (nSPS) is 29.7. The van der Waals surface area contributed by atoms with Gasteiger partial charge in [0.2, 0.25) is 5.78 Å². The van der Waals surface area contributed by atoms with Crippen LogP contribution in [0.25, 0.3) is 10.1 Å². The minimum Gasteiger partial charge on any atom is -0.393 e. The quantitative estimate of drug-likeness (QED) is 0.249. The van der Waals surface area contributed by atoms with Crippen LogP contribution in [0.15, 0.2) is 60.2 Å². The number of β-amino-alcohol motifs (C(OH)–C–C–N with tert-alkyl or cyclic N) is 1. The van der Waals surface area contributed by atoms with Crippen LogP contribution in [0.1, 0.15) is 104 Å². The first kappa shape index (κ1) is 28.8. The summed E-state index contributed by atoms with van der Waals surface area (Å²) in [5, 5.41) is 24.5. The SMILES string of the molecule is CC1=CCCC2(C)C(CCC2(O)CN2CCCCC2)c2ccc(cc2C(=O)c2cc3ccccc3s2)CC(O)CC1. The van der Waals surface area contributed by atoms with Gasteiger partial charge in [-0.2, -0.15) is 0 Å². The Balaban J connectivity index is 1.44. The van der Waals surface area contributed by atoms with Crippen molar-refractivity contribution in [3.8, 4) is 0 Å². The van der Waals surface area contributed by atoms with Crippen molar-refractivity contribution < 1.29 is 15.0 Å². The van der Waals surface area contributed by atoms with Gasteiger partial charge in [0.25, 0.3) is 0 Å².